The van der Waals surface area contributed by atoms with Crippen LogP contribution < -0.4 is 4.90 Å². The zero-order chi connectivity index (χ0) is 14.0. The van der Waals surface area contributed by atoms with E-state index in [-0.39, 0.29) is 24.4 Å². The zero-order valence-corrected chi connectivity index (χ0v) is 10.7. The standard InChI is InChI=1S/C14H15F2NO2/c1-2-12(18)9-5-4-8-17(14(9)19)13-10(15)6-3-7-11(13)16/h3,6-7,9H,2,4-5,8H2,1H3. The Balaban J connectivity index is 2.35. The van der Waals surface area contributed by atoms with E-state index in [4.69, 9.17) is 0 Å². The molecular weight excluding hydrogens is 252 g/mol. The third-order valence-corrected chi connectivity index (χ3v) is 3.38. The van der Waals surface area contributed by atoms with Gasteiger partial charge in [-0.3, -0.25) is 9.59 Å². The minimum Gasteiger partial charge on any atom is -0.307 e. The van der Waals surface area contributed by atoms with Crippen molar-refractivity contribution in [3.05, 3.63) is 29.8 Å². The van der Waals surface area contributed by atoms with Gasteiger partial charge in [0.2, 0.25) is 5.91 Å². The molecule has 3 nitrogen and oxygen atoms in total. The summed E-state index contributed by atoms with van der Waals surface area (Å²) < 4.78 is 27.4. The summed E-state index contributed by atoms with van der Waals surface area (Å²) in [6.45, 7) is 1.92. The maximum Gasteiger partial charge on any atom is 0.237 e. The number of Topliss-reactive ketones (excluding diaryl/α,β-unsaturated/α-hetero) is 1. The molecule has 0 aliphatic carbocycles. The molecule has 1 unspecified atom stereocenters. The van der Waals surface area contributed by atoms with E-state index in [1.807, 2.05) is 0 Å². The van der Waals surface area contributed by atoms with Crippen molar-refractivity contribution in [2.75, 3.05) is 11.4 Å². The van der Waals surface area contributed by atoms with Crippen molar-refractivity contribution < 1.29 is 18.4 Å². The summed E-state index contributed by atoms with van der Waals surface area (Å²) in [5.41, 5.74) is -0.346. The summed E-state index contributed by atoms with van der Waals surface area (Å²) in [6, 6.07) is 3.46. The first-order valence-electron chi connectivity index (χ1n) is 6.34. The fourth-order valence-electron chi connectivity index (χ4n) is 2.39. The average molecular weight is 267 g/mol. The van der Waals surface area contributed by atoms with Crippen LogP contribution in [-0.4, -0.2) is 18.2 Å². The molecule has 1 atom stereocenters. The third-order valence-electron chi connectivity index (χ3n) is 3.38. The number of hydrogen-bond acceptors (Lipinski definition) is 2. The lowest BCUT2D eigenvalue weighted by Gasteiger charge is -2.31. The molecular formula is C14H15F2NO2. The van der Waals surface area contributed by atoms with E-state index in [0.717, 1.165) is 17.0 Å². The van der Waals surface area contributed by atoms with Crippen LogP contribution in [0.2, 0.25) is 0 Å². The molecule has 1 aliphatic heterocycles. The topological polar surface area (TPSA) is 37.4 Å². The monoisotopic (exact) mass is 267 g/mol. The van der Waals surface area contributed by atoms with Crippen LogP contribution in [0.4, 0.5) is 14.5 Å². The van der Waals surface area contributed by atoms with E-state index in [1.165, 1.54) is 6.07 Å². The van der Waals surface area contributed by atoms with Gasteiger partial charge in [-0.25, -0.2) is 8.78 Å². The van der Waals surface area contributed by atoms with Crippen LogP contribution in [0.5, 0.6) is 0 Å². The number of benzene rings is 1. The Kier molecular flexibility index (Phi) is 3.93. The number of amides is 1. The molecule has 0 spiro atoms. The Morgan fingerprint density at radius 1 is 1.37 bits per heavy atom. The van der Waals surface area contributed by atoms with Crippen molar-refractivity contribution >= 4 is 17.4 Å². The minimum absolute atomic E-state index is 0.175. The SMILES string of the molecule is CCC(=O)C1CCCN(c2c(F)cccc2F)C1=O. The number of hydrogen-bond donors (Lipinski definition) is 0. The molecule has 0 bridgehead atoms. The van der Waals surface area contributed by atoms with Gasteiger partial charge in [-0.05, 0) is 25.0 Å². The van der Waals surface area contributed by atoms with Gasteiger partial charge in [-0.15, -0.1) is 0 Å². The van der Waals surface area contributed by atoms with Gasteiger partial charge in [0, 0.05) is 13.0 Å². The first-order chi connectivity index (χ1) is 9.06. The summed E-state index contributed by atoms with van der Waals surface area (Å²) in [5.74, 6) is -3.00. The summed E-state index contributed by atoms with van der Waals surface area (Å²) in [7, 11) is 0. The highest BCUT2D eigenvalue weighted by atomic mass is 19.1. The summed E-state index contributed by atoms with van der Waals surface area (Å²) in [4.78, 5) is 25.0. The Morgan fingerprint density at radius 3 is 2.58 bits per heavy atom. The van der Waals surface area contributed by atoms with Gasteiger partial charge < -0.3 is 4.90 Å². The van der Waals surface area contributed by atoms with Crippen molar-refractivity contribution in [2.24, 2.45) is 5.92 Å². The van der Waals surface area contributed by atoms with Crippen molar-refractivity contribution in [3.8, 4) is 0 Å². The Hall–Kier alpha value is -1.78. The third kappa shape index (κ3) is 2.50. The largest absolute Gasteiger partial charge is 0.307 e. The van der Waals surface area contributed by atoms with E-state index in [2.05, 4.69) is 0 Å². The second-order valence-corrected chi connectivity index (χ2v) is 4.57. The molecule has 19 heavy (non-hydrogen) atoms. The molecule has 1 amide bonds. The summed E-state index contributed by atoms with van der Waals surface area (Å²) >= 11 is 0. The molecule has 5 heteroatoms. The van der Waals surface area contributed by atoms with Gasteiger partial charge in [-0.2, -0.15) is 0 Å². The zero-order valence-electron chi connectivity index (χ0n) is 10.7. The highest BCUT2D eigenvalue weighted by Gasteiger charge is 2.35. The van der Waals surface area contributed by atoms with Gasteiger partial charge in [-0.1, -0.05) is 13.0 Å². The maximum absolute atomic E-state index is 13.7. The number of halogens is 2. The fourth-order valence-corrected chi connectivity index (χ4v) is 2.39. The Labute approximate surface area is 110 Å². The molecule has 0 saturated carbocycles. The predicted molar refractivity (Wildman–Crippen MR) is 66.7 cm³/mol. The van der Waals surface area contributed by atoms with E-state index in [0.29, 0.717) is 12.8 Å². The molecule has 1 aliphatic rings. The molecule has 1 fully saturated rings. The second kappa shape index (κ2) is 5.47. The van der Waals surface area contributed by atoms with Crippen molar-refractivity contribution in [1.29, 1.82) is 0 Å². The number of piperidine rings is 1. The van der Waals surface area contributed by atoms with E-state index >= 15 is 0 Å². The van der Waals surface area contributed by atoms with Gasteiger partial charge >= 0.3 is 0 Å². The van der Waals surface area contributed by atoms with Crippen molar-refractivity contribution in [3.63, 3.8) is 0 Å². The van der Waals surface area contributed by atoms with Crippen LogP contribution in [0.3, 0.4) is 0 Å². The first-order valence-corrected chi connectivity index (χ1v) is 6.34. The van der Waals surface area contributed by atoms with Crippen molar-refractivity contribution in [1.82, 2.24) is 0 Å². The molecule has 1 saturated heterocycles. The van der Waals surface area contributed by atoms with Crippen LogP contribution in [0, 0.1) is 17.6 Å². The normalized spacial score (nSPS) is 19.6. The van der Waals surface area contributed by atoms with E-state index in [9.17, 15) is 18.4 Å². The molecule has 0 aromatic heterocycles. The van der Waals surface area contributed by atoms with E-state index in [1.54, 1.807) is 6.92 Å². The van der Waals surface area contributed by atoms with Crippen LogP contribution in [0.1, 0.15) is 26.2 Å². The van der Waals surface area contributed by atoms with Crippen LogP contribution in [0.15, 0.2) is 18.2 Å². The first kappa shape index (κ1) is 13.6. The number of anilines is 1. The van der Waals surface area contributed by atoms with Crippen LogP contribution >= 0.6 is 0 Å². The molecule has 1 aromatic carbocycles. The quantitative estimate of drug-likeness (QED) is 0.790. The Bertz CT molecular complexity index is 496. The predicted octanol–water partition coefficient (Wildman–Crippen LogP) is 2.69. The Morgan fingerprint density at radius 2 is 2.00 bits per heavy atom. The average Bonchev–Trinajstić information content (AvgIpc) is 2.39. The summed E-state index contributed by atoms with van der Waals surface area (Å²) in [6.07, 6.45) is 1.28. The number of carbonyl (C=O) groups excluding carboxylic acids is 2. The lowest BCUT2D eigenvalue weighted by molar-refractivity contribution is -0.133. The van der Waals surface area contributed by atoms with Crippen LogP contribution in [-0.2, 0) is 9.59 Å². The molecule has 1 aromatic rings. The maximum atomic E-state index is 13.7. The second-order valence-electron chi connectivity index (χ2n) is 4.57. The van der Waals surface area contributed by atoms with Gasteiger partial charge in [0.05, 0.1) is 5.92 Å². The highest BCUT2D eigenvalue weighted by molar-refractivity contribution is 6.09. The number of ketones is 1. The molecule has 102 valence electrons. The molecule has 2 rings (SSSR count). The molecule has 0 radical (unpaired) electrons. The van der Waals surface area contributed by atoms with Gasteiger partial charge in [0.1, 0.15) is 23.1 Å². The fraction of sp³-hybridized carbons (Fsp3) is 0.429. The van der Waals surface area contributed by atoms with E-state index < -0.39 is 23.5 Å². The lowest BCUT2D eigenvalue weighted by atomic mass is 9.91. The number of nitrogens with zero attached hydrogens (tertiary/aromatic N) is 1. The number of rotatable bonds is 3. The minimum atomic E-state index is -0.780. The van der Waals surface area contributed by atoms with Crippen molar-refractivity contribution in [2.45, 2.75) is 26.2 Å². The van der Waals surface area contributed by atoms with Gasteiger partial charge in [0.25, 0.3) is 0 Å². The smallest absolute Gasteiger partial charge is 0.237 e. The highest BCUT2D eigenvalue weighted by Crippen LogP contribution is 2.29. The van der Waals surface area contributed by atoms with Crippen LogP contribution in [0.25, 0.3) is 0 Å². The number of carbonyl (C=O) groups is 2. The van der Waals surface area contributed by atoms with Gasteiger partial charge in [0.15, 0.2) is 0 Å². The number of para-hydroxylation sites is 1. The molecule has 0 N–H and O–H groups in total. The lowest BCUT2D eigenvalue weighted by Crippen LogP contribution is -2.45. The summed E-state index contributed by atoms with van der Waals surface area (Å²) in [5, 5.41) is 0. The molecule has 1 heterocycles.